The molecule has 2 rings (SSSR count). The monoisotopic (exact) mass is 271 g/mol. The minimum Gasteiger partial charge on any atom is -0.505 e. The van der Waals surface area contributed by atoms with Crippen molar-refractivity contribution < 1.29 is 14.6 Å². The quantitative estimate of drug-likeness (QED) is 0.393. The number of carbonyl (C=O) groups is 1. The Bertz CT molecular complexity index is 667. The average Bonchev–Trinajstić information content (AvgIpc) is 2.79. The lowest BCUT2D eigenvalue weighted by atomic mass is 10.2. The second-order valence-electron chi connectivity index (χ2n) is 4.27. The summed E-state index contributed by atoms with van der Waals surface area (Å²) in [6, 6.07) is 9.61. The van der Waals surface area contributed by atoms with Crippen LogP contribution in [0.15, 0.2) is 49.1 Å². The third-order valence-electron chi connectivity index (χ3n) is 2.93. The molecule has 1 N–H and O–H groups in total. The number of rotatable bonds is 5. The number of fused-ring (bicyclic) bond motifs is 1. The standard InChI is InChI=1S/C16H17NO3/c1-3-9-17-13-8-6-5-7-12(13)10-14(17)15(18)11-16(19)20-4-2/h3,5-8,10-11,18H,1,4,9H2,2H3/b15-11-. The number of ether oxygens (including phenoxy) is 1. The van der Waals surface area contributed by atoms with Crippen LogP contribution in [0.5, 0.6) is 0 Å². The number of hydrogen-bond acceptors (Lipinski definition) is 3. The molecule has 0 aliphatic heterocycles. The third kappa shape index (κ3) is 2.74. The van der Waals surface area contributed by atoms with Gasteiger partial charge in [-0.3, -0.25) is 0 Å². The molecule has 1 aromatic heterocycles. The number of aliphatic hydroxyl groups is 1. The molecule has 0 spiro atoms. The van der Waals surface area contributed by atoms with Gasteiger partial charge in [-0.05, 0) is 19.1 Å². The Balaban J connectivity index is 2.49. The predicted molar refractivity (Wildman–Crippen MR) is 79.4 cm³/mol. The van der Waals surface area contributed by atoms with Crippen LogP contribution >= 0.6 is 0 Å². The Morgan fingerprint density at radius 2 is 2.20 bits per heavy atom. The zero-order valence-electron chi connectivity index (χ0n) is 11.4. The maximum atomic E-state index is 11.4. The molecule has 1 heterocycles. The lowest BCUT2D eigenvalue weighted by Gasteiger charge is -2.07. The van der Waals surface area contributed by atoms with Crippen LogP contribution in [0.1, 0.15) is 12.6 Å². The number of carbonyl (C=O) groups excluding carboxylic acids is 1. The van der Waals surface area contributed by atoms with E-state index in [0.29, 0.717) is 12.2 Å². The highest BCUT2D eigenvalue weighted by atomic mass is 16.5. The zero-order chi connectivity index (χ0) is 14.5. The van der Waals surface area contributed by atoms with Crippen molar-refractivity contribution in [1.29, 1.82) is 0 Å². The van der Waals surface area contributed by atoms with E-state index in [9.17, 15) is 9.90 Å². The molecule has 0 amide bonds. The number of para-hydroxylation sites is 1. The van der Waals surface area contributed by atoms with Gasteiger partial charge in [-0.2, -0.15) is 0 Å². The molecule has 20 heavy (non-hydrogen) atoms. The molecule has 0 fully saturated rings. The van der Waals surface area contributed by atoms with Crippen LogP contribution in [0.3, 0.4) is 0 Å². The second kappa shape index (κ2) is 6.10. The summed E-state index contributed by atoms with van der Waals surface area (Å²) < 4.78 is 6.70. The maximum Gasteiger partial charge on any atom is 0.334 e. The number of aromatic nitrogens is 1. The molecule has 4 nitrogen and oxygen atoms in total. The Morgan fingerprint density at radius 1 is 1.45 bits per heavy atom. The van der Waals surface area contributed by atoms with E-state index >= 15 is 0 Å². The van der Waals surface area contributed by atoms with Crippen LogP contribution in [-0.2, 0) is 16.1 Å². The van der Waals surface area contributed by atoms with Gasteiger partial charge in [0.05, 0.1) is 18.4 Å². The van der Waals surface area contributed by atoms with Gasteiger partial charge in [0.15, 0.2) is 0 Å². The van der Waals surface area contributed by atoms with Gasteiger partial charge >= 0.3 is 5.97 Å². The number of hydrogen-bond donors (Lipinski definition) is 1. The minimum absolute atomic E-state index is 0.110. The number of benzene rings is 1. The summed E-state index contributed by atoms with van der Waals surface area (Å²) in [5, 5.41) is 11.1. The molecule has 0 aliphatic carbocycles. The molecule has 2 aromatic rings. The summed E-state index contributed by atoms with van der Waals surface area (Å²) in [7, 11) is 0. The highest BCUT2D eigenvalue weighted by Crippen LogP contribution is 2.24. The Labute approximate surface area is 117 Å². The van der Waals surface area contributed by atoms with Gasteiger partial charge in [-0.1, -0.05) is 24.3 Å². The van der Waals surface area contributed by atoms with E-state index in [0.717, 1.165) is 17.0 Å². The summed E-state index contributed by atoms with van der Waals surface area (Å²) in [5.41, 5.74) is 1.55. The number of aliphatic hydroxyl groups excluding tert-OH is 1. The Kier molecular flexibility index (Phi) is 4.25. The maximum absolute atomic E-state index is 11.4. The van der Waals surface area contributed by atoms with Crippen molar-refractivity contribution in [2.75, 3.05) is 6.61 Å². The van der Waals surface area contributed by atoms with Gasteiger partial charge in [0, 0.05) is 17.4 Å². The van der Waals surface area contributed by atoms with E-state index in [1.165, 1.54) is 0 Å². The minimum atomic E-state index is -0.555. The smallest absolute Gasteiger partial charge is 0.334 e. The van der Waals surface area contributed by atoms with Gasteiger partial charge in [0.1, 0.15) is 5.76 Å². The van der Waals surface area contributed by atoms with Crippen molar-refractivity contribution in [1.82, 2.24) is 4.57 Å². The van der Waals surface area contributed by atoms with Gasteiger partial charge in [-0.15, -0.1) is 6.58 Å². The van der Waals surface area contributed by atoms with Crippen LogP contribution in [0, 0.1) is 0 Å². The fourth-order valence-corrected chi connectivity index (χ4v) is 2.12. The molecule has 0 aliphatic rings. The largest absolute Gasteiger partial charge is 0.505 e. The van der Waals surface area contributed by atoms with Crippen LogP contribution in [-0.4, -0.2) is 22.2 Å². The average molecular weight is 271 g/mol. The van der Waals surface area contributed by atoms with E-state index in [4.69, 9.17) is 4.74 Å². The fraction of sp³-hybridized carbons (Fsp3) is 0.188. The fourth-order valence-electron chi connectivity index (χ4n) is 2.12. The third-order valence-corrected chi connectivity index (χ3v) is 2.93. The normalized spacial score (nSPS) is 11.6. The Hall–Kier alpha value is -2.49. The van der Waals surface area contributed by atoms with Crippen LogP contribution < -0.4 is 0 Å². The van der Waals surface area contributed by atoms with Gasteiger partial charge in [0.2, 0.25) is 0 Å². The first-order valence-corrected chi connectivity index (χ1v) is 6.44. The molecule has 0 unspecified atom stereocenters. The molecule has 1 aromatic carbocycles. The molecule has 0 radical (unpaired) electrons. The van der Waals surface area contributed by atoms with Crippen molar-refractivity contribution in [2.45, 2.75) is 13.5 Å². The van der Waals surface area contributed by atoms with Gasteiger partial charge in [-0.25, -0.2) is 4.79 Å². The summed E-state index contributed by atoms with van der Waals surface area (Å²) in [6.07, 6.45) is 2.84. The van der Waals surface area contributed by atoms with E-state index in [2.05, 4.69) is 6.58 Å². The zero-order valence-corrected chi connectivity index (χ0v) is 11.4. The topological polar surface area (TPSA) is 51.5 Å². The molecule has 4 heteroatoms. The first-order valence-electron chi connectivity index (χ1n) is 6.44. The molecule has 0 saturated heterocycles. The SMILES string of the molecule is C=CCn1c(/C(O)=C/C(=O)OCC)cc2ccccc21. The summed E-state index contributed by atoms with van der Waals surface area (Å²) in [4.78, 5) is 11.4. The van der Waals surface area contributed by atoms with Crippen molar-refractivity contribution >= 4 is 22.6 Å². The predicted octanol–water partition coefficient (Wildman–Crippen LogP) is 3.29. The van der Waals surface area contributed by atoms with Crippen LogP contribution in [0.2, 0.25) is 0 Å². The molecule has 0 bridgehead atoms. The molecular weight excluding hydrogens is 254 g/mol. The molecule has 104 valence electrons. The van der Waals surface area contributed by atoms with E-state index in [1.54, 1.807) is 13.0 Å². The molecule has 0 saturated carbocycles. The summed E-state index contributed by atoms with van der Waals surface area (Å²) in [6.45, 7) is 6.26. The second-order valence-corrected chi connectivity index (χ2v) is 4.27. The molecular formula is C16H17NO3. The molecule has 0 atom stereocenters. The summed E-state index contributed by atoms with van der Waals surface area (Å²) in [5.74, 6) is -0.665. The Morgan fingerprint density at radius 3 is 2.90 bits per heavy atom. The summed E-state index contributed by atoms with van der Waals surface area (Å²) >= 11 is 0. The highest BCUT2D eigenvalue weighted by molar-refractivity contribution is 5.92. The highest BCUT2D eigenvalue weighted by Gasteiger charge is 2.12. The lowest BCUT2D eigenvalue weighted by Crippen LogP contribution is -2.04. The number of esters is 1. The van der Waals surface area contributed by atoms with Gasteiger partial charge < -0.3 is 14.4 Å². The van der Waals surface area contributed by atoms with Gasteiger partial charge in [0.25, 0.3) is 0 Å². The van der Waals surface area contributed by atoms with E-state index < -0.39 is 5.97 Å². The van der Waals surface area contributed by atoms with E-state index in [1.807, 2.05) is 34.9 Å². The first kappa shape index (κ1) is 13.9. The van der Waals surface area contributed by atoms with Crippen molar-refractivity contribution in [2.24, 2.45) is 0 Å². The van der Waals surface area contributed by atoms with Crippen molar-refractivity contribution in [3.63, 3.8) is 0 Å². The number of allylic oxidation sites excluding steroid dienone is 1. The van der Waals surface area contributed by atoms with Crippen LogP contribution in [0.25, 0.3) is 16.7 Å². The van der Waals surface area contributed by atoms with Crippen LogP contribution in [0.4, 0.5) is 0 Å². The first-order chi connectivity index (χ1) is 9.67. The lowest BCUT2D eigenvalue weighted by molar-refractivity contribution is -0.137. The van der Waals surface area contributed by atoms with E-state index in [-0.39, 0.29) is 12.4 Å². The van der Waals surface area contributed by atoms with Crippen molar-refractivity contribution in [3.05, 3.63) is 54.8 Å². The number of nitrogens with zero attached hydrogens (tertiary/aromatic N) is 1. The van der Waals surface area contributed by atoms with Crippen molar-refractivity contribution in [3.8, 4) is 0 Å².